The van der Waals surface area contributed by atoms with Crippen LogP contribution in [0.1, 0.15) is 40.0 Å². The minimum atomic E-state index is -1.36. The van der Waals surface area contributed by atoms with E-state index < -0.39 is 8.32 Å². The smallest absolute Gasteiger partial charge is 0.187 e. The average molecular weight is 339 g/mol. The van der Waals surface area contributed by atoms with Crippen LogP contribution in [0, 0.1) is 0 Å². The van der Waals surface area contributed by atoms with Crippen molar-refractivity contribution in [2.45, 2.75) is 76.9 Å². The molecule has 4 heteroatoms. The molecule has 0 rings (SSSR count). The molecular weight excluding hydrogens is 308 g/mol. The molecule has 0 bridgehead atoms. The fraction of sp³-hybridized carbons (Fsp3) is 1.00. The van der Waals surface area contributed by atoms with Crippen LogP contribution in [-0.2, 0) is 4.43 Å². The van der Waals surface area contributed by atoms with Gasteiger partial charge in [-0.2, -0.15) is 0 Å². The summed E-state index contributed by atoms with van der Waals surface area (Å²) in [5, 5.41) is 1.19. The van der Waals surface area contributed by atoms with Gasteiger partial charge in [-0.1, -0.05) is 47.3 Å². The van der Waals surface area contributed by atoms with E-state index in [0.29, 0.717) is 6.10 Å². The Morgan fingerprint density at radius 2 is 1.82 bits per heavy atom. The Morgan fingerprint density at radius 3 is 2.35 bits per heavy atom. The predicted molar refractivity (Wildman–Crippen MR) is 88.9 cm³/mol. The Kier molecular flexibility index (Phi) is 10.3. The van der Waals surface area contributed by atoms with E-state index in [1.807, 2.05) is 0 Å². The van der Waals surface area contributed by atoms with Crippen LogP contribution in [-0.4, -0.2) is 29.3 Å². The molecule has 0 amide bonds. The second-order valence-corrected chi connectivity index (χ2v) is 13.8. The first kappa shape index (κ1) is 17.9. The molecule has 1 atom stereocenters. The Hall–Kier alpha value is 0.874. The maximum Gasteiger partial charge on any atom is 0.187 e. The quantitative estimate of drug-likeness (QED) is 0.322. The van der Waals surface area contributed by atoms with Gasteiger partial charge in [0.2, 0.25) is 0 Å². The van der Waals surface area contributed by atoms with Crippen LogP contribution in [0.2, 0.25) is 30.7 Å². The largest absolute Gasteiger partial charge is 0.415 e. The van der Waals surface area contributed by atoms with E-state index in [4.69, 9.17) is 4.43 Å². The van der Waals surface area contributed by atoms with Crippen LogP contribution in [0.4, 0.5) is 0 Å². The van der Waals surface area contributed by atoms with Gasteiger partial charge in [0.25, 0.3) is 0 Å². The minimum Gasteiger partial charge on any atom is -0.415 e. The maximum atomic E-state index is 6.06. The highest BCUT2D eigenvalue weighted by Crippen LogP contribution is 2.21. The van der Waals surface area contributed by atoms with Gasteiger partial charge in [0.05, 0.1) is 0 Å². The highest BCUT2D eigenvalue weighted by molar-refractivity contribution is 9.09. The summed E-state index contributed by atoms with van der Waals surface area (Å²) >= 11 is 3.51. The monoisotopic (exact) mass is 338 g/mol. The lowest BCUT2D eigenvalue weighted by Crippen LogP contribution is -2.33. The van der Waals surface area contributed by atoms with Crippen LogP contribution in [0.25, 0.3) is 0 Å². The van der Waals surface area contributed by atoms with Gasteiger partial charge in [-0.3, -0.25) is 0 Å². The van der Waals surface area contributed by atoms with Crippen molar-refractivity contribution in [3.63, 3.8) is 0 Å². The average Bonchev–Trinajstić information content (AvgIpc) is 2.15. The summed E-state index contributed by atoms with van der Waals surface area (Å²) in [6.45, 7) is 11.5. The van der Waals surface area contributed by atoms with Gasteiger partial charge < -0.3 is 4.43 Å². The Balaban J connectivity index is 3.60. The van der Waals surface area contributed by atoms with Crippen molar-refractivity contribution in [2.24, 2.45) is 0 Å². The highest BCUT2D eigenvalue weighted by atomic mass is 79.9. The van der Waals surface area contributed by atoms with E-state index in [9.17, 15) is 0 Å². The van der Waals surface area contributed by atoms with E-state index in [-0.39, 0.29) is 9.52 Å². The number of rotatable bonds is 10. The van der Waals surface area contributed by atoms with Gasteiger partial charge in [0.15, 0.2) is 8.32 Å². The molecule has 0 spiro atoms. The van der Waals surface area contributed by atoms with E-state index in [2.05, 4.69) is 49.8 Å². The zero-order valence-electron chi connectivity index (χ0n) is 12.4. The number of hydrogen-bond acceptors (Lipinski definition) is 1. The number of alkyl halides is 1. The summed E-state index contributed by atoms with van der Waals surface area (Å²) in [5.41, 5.74) is 1.03. The number of hydrogen-bond donors (Lipinski definition) is 0. The summed E-state index contributed by atoms with van der Waals surface area (Å²) in [6.07, 6.45) is 4.61. The molecule has 0 saturated heterocycles. The first-order valence-corrected chi connectivity index (χ1v) is 13.2. The lowest BCUT2D eigenvalue weighted by molar-refractivity contribution is 0.230. The van der Waals surface area contributed by atoms with E-state index in [1.165, 1.54) is 36.7 Å². The van der Waals surface area contributed by atoms with Gasteiger partial charge in [-0.25, -0.2) is 0 Å². The standard InChI is InChI=1S/C13H31BrOSi2/c1-12(2)15-17(4,5)11-6-8-13(3)16-10-7-9-14/h12-13H,6-11,16H2,1-5H3/t13-/m0/s1. The molecule has 0 saturated carbocycles. The fourth-order valence-corrected chi connectivity index (χ4v) is 7.70. The molecule has 0 aromatic rings. The fourth-order valence-electron chi connectivity index (χ4n) is 2.30. The molecule has 1 nitrogen and oxygen atoms in total. The maximum absolute atomic E-state index is 6.06. The van der Waals surface area contributed by atoms with Crippen molar-refractivity contribution in [3.8, 4) is 0 Å². The first-order valence-electron chi connectivity index (χ1n) is 7.11. The van der Waals surface area contributed by atoms with Gasteiger partial charge in [0, 0.05) is 21.0 Å². The van der Waals surface area contributed by atoms with E-state index in [0.717, 1.165) is 5.54 Å². The van der Waals surface area contributed by atoms with Crippen molar-refractivity contribution >= 4 is 33.8 Å². The predicted octanol–water partition coefficient (Wildman–Crippen LogP) is 4.58. The molecule has 0 radical (unpaired) electrons. The summed E-state index contributed by atoms with van der Waals surface area (Å²) in [5.74, 6) is 0. The molecule has 0 aromatic carbocycles. The third-order valence-corrected chi connectivity index (χ3v) is 8.64. The van der Waals surface area contributed by atoms with Gasteiger partial charge in [0.1, 0.15) is 0 Å². The molecule has 0 heterocycles. The molecule has 0 aliphatic rings. The Morgan fingerprint density at radius 1 is 1.18 bits per heavy atom. The molecule has 104 valence electrons. The van der Waals surface area contributed by atoms with Crippen molar-refractivity contribution in [2.75, 3.05) is 5.33 Å². The SMILES string of the molecule is CC(C)O[Si](C)(C)CCC[C@H](C)[SiH2]CCCBr. The summed E-state index contributed by atoms with van der Waals surface area (Å²) in [4.78, 5) is 0. The first-order chi connectivity index (χ1) is 7.87. The molecule has 0 unspecified atom stereocenters. The summed E-state index contributed by atoms with van der Waals surface area (Å²) in [6, 6.07) is 2.85. The third kappa shape index (κ3) is 11.7. The van der Waals surface area contributed by atoms with Crippen LogP contribution in [0.3, 0.4) is 0 Å². The zero-order valence-corrected chi connectivity index (χ0v) is 16.4. The van der Waals surface area contributed by atoms with E-state index in [1.54, 1.807) is 0 Å². The second-order valence-electron chi connectivity index (χ2n) is 6.11. The molecule has 0 N–H and O–H groups in total. The van der Waals surface area contributed by atoms with E-state index >= 15 is 0 Å². The lowest BCUT2D eigenvalue weighted by Gasteiger charge is -2.26. The summed E-state index contributed by atoms with van der Waals surface area (Å²) < 4.78 is 6.06. The van der Waals surface area contributed by atoms with Crippen molar-refractivity contribution in [1.29, 1.82) is 0 Å². The molecule has 0 aromatic heterocycles. The van der Waals surface area contributed by atoms with Crippen molar-refractivity contribution in [1.82, 2.24) is 0 Å². The molecule has 0 aliphatic carbocycles. The topological polar surface area (TPSA) is 9.23 Å². The normalized spacial score (nSPS) is 15.0. The van der Waals surface area contributed by atoms with Crippen LogP contribution in [0.15, 0.2) is 0 Å². The molecule has 17 heavy (non-hydrogen) atoms. The number of halogens is 1. The molecular formula is C13H31BrOSi2. The van der Waals surface area contributed by atoms with Gasteiger partial charge in [-0.15, -0.1) is 0 Å². The zero-order chi connectivity index (χ0) is 13.3. The lowest BCUT2D eigenvalue weighted by atomic mass is 10.3. The van der Waals surface area contributed by atoms with Crippen LogP contribution in [0.5, 0.6) is 0 Å². The van der Waals surface area contributed by atoms with Crippen LogP contribution >= 0.6 is 15.9 Å². The van der Waals surface area contributed by atoms with Crippen molar-refractivity contribution in [3.05, 3.63) is 0 Å². The second kappa shape index (κ2) is 9.76. The Bertz CT molecular complexity index is 186. The molecule has 0 aliphatic heterocycles. The molecule has 0 fully saturated rings. The summed E-state index contributed by atoms with van der Waals surface area (Å²) in [7, 11) is -1.18. The van der Waals surface area contributed by atoms with Gasteiger partial charge in [-0.05, 0) is 39.4 Å². The van der Waals surface area contributed by atoms with Crippen molar-refractivity contribution < 1.29 is 4.43 Å². The Labute approximate surface area is 120 Å². The minimum absolute atomic E-state index is 0.183. The van der Waals surface area contributed by atoms with Crippen LogP contribution < -0.4 is 0 Å². The highest BCUT2D eigenvalue weighted by Gasteiger charge is 2.23. The third-order valence-electron chi connectivity index (χ3n) is 3.11. The van der Waals surface area contributed by atoms with Gasteiger partial charge >= 0.3 is 0 Å².